The Labute approximate surface area is 178 Å². The number of halogens is 1. The minimum absolute atomic E-state index is 0.146. The summed E-state index contributed by atoms with van der Waals surface area (Å²) in [6.45, 7) is 4.97. The van der Waals surface area contributed by atoms with Crippen LogP contribution in [0.5, 0.6) is 5.75 Å². The molecule has 1 N–H and O–H groups in total. The molecule has 3 aromatic rings. The molecule has 29 heavy (non-hydrogen) atoms. The third kappa shape index (κ3) is 5.79. The van der Waals surface area contributed by atoms with E-state index in [2.05, 4.69) is 61.3 Å². The average molecular weight is 404 g/mol. The number of rotatable bonds is 6. The van der Waals surface area contributed by atoms with Gasteiger partial charge in [-0.15, -0.1) is 0 Å². The molecule has 1 atom stereocenters. The van der Waals surface area contributed by atoms with Gasteiger partial charge in [0, 0.05) is 17.5 Å². The van der Waals surface area contributed by atoms with Gasteiger partial charge in [0.2, 0.25) is 0 Å². The van der Waals surface area contributed by atoms with E-state index in [4.69, 9.17) is 16.3 Å². The molecule has 0 radical (unpaired) electrons. The van der Waals surface area contributed by atoms with Gasteiger partial charge in [0.05, 0.1) is 18.4 Å². The lowest BCUT2D eigenvalue weighted by molar-refractivity contribution is 0.414. The van der Waals surface area contributed by atoms with E-state index in [1.807, 2.05) is 36.4 Å². The molecule has 0 aliphatic heterocycles. The first-order valence-electron chi connectivity index (χ1n) is 9.85. The van der Waals surface area contributed by atoms with Crippen LogP contribution in [0.4, 0.5) is 5.69 Å². The molecule has 2 nitrogen and oxygen atoms in total. The van der Waals surface area contributed by atoms with E-state index in [-0.39, 0.29) is 5.92 Å². The topological polar surface area (TPSA) is 21.3 Å². The standard InChI is InChI=1S/C26H26ClNO/c1-4-20-9-12-22(13-10-20)19(2)8-11-23-17-25(29-3)14-15-26(23)28-18-21-6-5-7-24(27)16-21/h5-7,9-10,12-17,19,28H,4,18H2,1-3H3. The van der Waals surface area contributed by atoms with Crippen LogP contribution in [0.15, 0.2) is 66.7 Å². The summed E-state index contributed by atoms with van der Waals surface area (Å²) in [6.07, 6.45) is 1.05. The molecule has 0 amide bonds. The highest BCUT2D eigenvalue weighted by molar-refractivity contribution is 6.30. The van der Waals surface area contributed by atoms with Gasteiger partial charge in [0.1, 0.15) is 5.75 Å². The minimum atomic E-state index is 0.146. The number of anilines is 1. The van der Waals surface area contributed by atoms with Crippen molar-refractivity contribution in [2.24, 2.45) is 0 Å². The number of methoxy groups -OCH3 is 1. The lowest BCUT2D eigenvalue weighted by atomic mass is 9.99. The van der Waals surface area contributed by atoms with Crippen LogP contribution >= 0.6 is 11.6 Å². The van der Waals surface area contributed by atoms with Crippen LogP contribution < -0.4 is 10.1 Å². The molecular formula is C26H26ClNO. The monoisotopic (exact) mass is 403 g/mol. The van der Waals surface area contributed by atoms with E-state index in [1.54, 1.807) is 7.11 Å². The Morgan fingerprint density at radius 2 is 1.79 bits per heavy atom. The van der Waals surface area contributed by atoms with Crippen molar-refractivity contribution >= 4 is 17.3 Å². The molecule has 3 aromatic carbocycles. The maximum absolute atomic E-state index is 6.09. The second kappa shape index (κ2) is 10.0. The number of ether oxygens (including phenoxy) is 1. The molecule has 148 valence electrons. The van der Waals surface area contributed by atoms with Crippen molar-refractivity contribution < 1.29 is 4.74 Å². The summed E-state index contributed by atoms with van der Waals surface area (Å²) in [5.41, 5.74) is 5.59. The zero-order chi connectivity index (χ0) is 20.6. The normalized spacial score (nSPS) is 11.3. The summed E-state index contributed by atoms with van der Waals surface area (Å²) in [6, 6.07) is 22.5. The number of aryl methyl sites for hydroxylation is 1. The van der Waals surface area contributed by atoms with Gasteiger partial charge in [0.25, 0.3) is 0 Å². The van der Waals surface area contributed by atoms with Gasteiger partial charge in [-0.25, -0.2) is 0 Å². The van der Waals surface area contributed by atoms with E-state index < -0.39 is 0 Å². The fourth-order valence-corrected chi connectivity index (χ4v) is 3.28. The van der Waals surface area contributed by atoms with Gasteiger partial charge in [0.15, 0.2) is 0 Å². The highest BCUT2D eigenvalue weighted by atomic mass is 35.5. The van der Waals surface area contributed by atoms with Crippen molar-refractivity contribution in [1.82, 2.24) is 0 Å². The maximum Gasteiger partial charge on any atom is 0.120 e. The van der Waals surface area contributed by atoms with Gasteiger partial charge < -0.3 is 10.1 Å². The summed E-state index contributed by atoms with van der Waals surface area (Å²) in [7, 11) is 1.67. The Hall–Kier alpha value is -2.89. The predicted octanol–water partition coefficient (Wildman–Crippen LogP) is 6.68. The van der Waals surface area contributed by atoms with Gasteiger partial charge >= 0.3 is 0 Å². The minimum Gasteiger partial charge on any atom is -0.497 e. The quantitative estimate of drug-likeness (QED) is 0.463. The van der Waals surface area contributed by atoms with Crippen LogP contribution in [0.3, 0.4) is 0 Å². The van der Waals surface area contributed by atoms with Crippen molar-refractivity contribution in [1.29, 1.82) is 0 Å². The first-order chi connectivity index (χ1) is 14.1. The fourth-order valence-electron chi connectivity index (χ4n) is 3.06. The van der Waals surface area contributed by atoms with Crippen LogP contribution in [0, 0.1) is 11.8 Å². The molecule has 0 aromatic heterocycles. The third-order valence-corrected chi connectivity index (χ3v) is 5.15. The Morgan fingerprint density at radius 3 is 2.48 bits per heavy atom. The molecule has 0 aliphatic carbocycles. The lowest BCUT2D eigenvalue weighted by Gasteiger charge is -2.11. The molecule has 0 saturated carbocycles. The summed E-state index contributed by atoms with van der Waals surface area (Å²) in [5.74, 6) is 7.67. The van der Waals surface area contributed by atoms with Gasteiger partial charge in [-0.05, 0) is 60.4 Å². The van der Waals surface area contributed by atoms with E-state index in [1.165, 1.54) is 11.1 Å². The third-order valence-electron chi connectivity index (χ3n) is 4.91. The van der Waals surface area contributed by atoms with Crippen LogP contribution in [-0.4, -0.2) is 7.11 Å². The Morgan fingerprint density at radius 1 is 1.00 bits per heavy atom. The average Bonchev–Trinajstić information content (AvgIpc) is 2.76. The molecule has 0 bridgehead atoms. The second-order valence-electron chi connectivity index (χ2n) is 6.98. The zero-order valence-corrected chi connectivity index (χ0v) is 17.9. The number of hydrogen-bond acceptors (Lipinski definition) is 2. The Bertz CT molecular complexity index is 1010. The lowest BCUT2D eigenvalue weighted by Crippen LogP contribution is -2.02. The Balaban J connectivity index is 1.80. The van der Waals surface area contributed by atoms with Gasteiger partial charge in [-0.3, -0.25) is 0 Å². The molecule has 0 aliphatic rings. The van der Waals surface area contributed by atoms with E-state index in [9.17, 15) is 0 Å². The summed E-state index contributed by atoms with van der Waals surface area (Å²) in [4.78, 5) is 0. The molecule has 0 saturated heterocycles. The largest absolute Gasteiger partial charge is 0.497 e. The molecule has 0 heterocycles. The van der Waals surface area contributed by atoms with Gasteiger partial charge in [-0.1, -0.05) is 66.8 Å². The maximum atomic E-state index is 6.09. The van der Waals surface area contributed by atoms with Gasteiger partial charge in [-0.2, -0.15) is 0 Å². The van der Waals surface area contributed by atoms with Crippen molar-refractivity contribution in [2.75, 3.05) is 12.4 Å². The highest BCUT2D eigenvalue weighted by Gasteiger charge is 2.05. The second-order valence-corrected chi connectivity index (χ2v) is 7.42. The summed E-state index contributed by atoms with van der Waals surface area (Å²) >= 11 is 6.09. The zero-order valence-electron chi connectivity index (χ0n) is 17.1. The van der Waals surface area contributed by atoms with Crippen LogP contribution in [-0.2, 0) is 13.0 Å². The number of hydrogen-bond donors (Lipinski definition) is 1. The summed E-state index contributed by atoms with van der Waals surface area (Å²) in [5, 5.41) is 4.21. The van der Waals surface area contributed by atoms with Crippen molar-refractivity contribution in [2.45, 2.75) is 32.7 Å². The van der Waals surface area contributed by atoms with Crippen LogP contribution in [0.25, 0.3) is 0 Å². The molecule has 3 heteroatoms. The molecular weight excluding hydrogens is 378 g/mol. The fraction of sp³-hybridized carbons (Fsp3) is 0.231. The number of benzene rings is 3. The van der Waals surface area contributed by atoms with Crippen molar-refractivity contribution in [3.8, 4) is 17.6 Å². The van der Waals surface area contributed by atoms with Crippen LogP contribution in [0.1, 0.15) is 42.0 Å². The number of nitrogens with one attached hydrogen (secondary N) is 1. The molecule has 0 spiro atoms. The predicted molar refractivity (Wildman–Crippen MR) is 123 cm³/mol. The van der Waals surface area contributed by atoms with E-state index in [0.717, 1.165) is 34.0 Å². The first-order valence-corrected chi connectivity index (χ1v) is 10.2. The SMILES string of the molecule is CCc1ccc(C(C)C#Cc2cc(OC)ccc2NCc2cccc(Cl)c2)cc1. The molecule has 3 rings (SSSR count). The van der Waals surface area contributed by atoms with Crippen molar-refractivity contribution in [3.63, 3.8) is 0 Å². The first kappa shape index (κ1) is 20.8. The van der Waals surface area contributed by atoms with Crippen LogP contribution in [0.2, 0.25) is 5.02 Å². The summed E-state index contributed by atoms with van der Waals surface area (Å²) < 4.78 is 5.39. The highest BCUT2D eigenvalue weighted by Crippen LogP contribution is 2.23. The van der Waals surface area contributed by atoms with Crippen molar-refractivity contribution in [3.05, 3.63) is 94.0 Å². The Kier molecular flexibility index (Phi) is 7.22. The molecule has 0 fully saturated rings. The smallest absolute Gasteiger partial charge is 0.120 e. The van der Waals surface area contributed by atoms with E-state index in [0.29, 0.717) is 6.54 Å². The molecule has 1 unspecified atom stereocenters. The van der Waals surface area contributed by atoms with E-state index >= 15 is 0 Å².